The van der Waals surface area contributed by atoms with Crippen molar-refractivity contribution < 1.29 is 8.42 Å². The molecule has 0 amide bonds. The van der Waals surface area contributed by atoms with Crippen LogP contribution in [-0.4, -0.2) is 63.5 Å². The normalized spacial score (nSPS) is 12.8. The van der Waals surface area contributed by atoms with E-state index in [1.165, 1.54) is 4.31 Å². The molecule has 7 heteroatoms. The number of rotatable bonds is 8. The van der Waals surface area contributed by atoms with Gasteiger partial charge in [0, 0.05) is 44.6 Å². The lowest BCUT2D eigenvalue weighted by Gasteiger charge is -2.18. The van der Waals surface area contributed by atoms with E-state index < -0.39 is 10.0 Å². The molecule has 6 nitrogen and oxygen atoms in total. The van der Waals surface area contributed by atoms with Crippen molar-refractivity contribution >= 4 is 10.0 Å². The molecule has 1 aromatic rings. The van der Waals surface area contributed by atoms with Gasteiger partial charge in [-0.1, -0.05) is 0 Å². The van der Waals surface area contributed by atoms with Crippen LogP contribution in [0.3, 0.4) is 0 Å². The van der Waals surface area contributed by atoms with E-state index in [0.29, 0.717) is 24.5 Å². The summed E-state index contributed by atoms with van der Waals surface area (Å²) in [5.41, 5.74) is 0.979. The van der Waals surface area contributed by atoms with E-state index >= 15 is 0 Å². The molecule has 1 heterocycles. The second-order valence-corrected chi connectivity index (χ2v) is 7.87. The number of likely N-dealkylation sites (N-methyl/N-ethyl adjacent to an activating group) is 2. The van der Waals surface area contributed by atoms with Crippen LogP contribution in [0, 0.1) is 0 Å². The van der Waals surface area contributed by atoms with E-state index in [1.807, 2.05) is 44.5 Å². The van der Waals surface area contributed by atoms with Crippen LogP contribution >= 0.6 is 0 Å². The average Bonchev–Trinajstić information content (AvgIpc) is 2.81. The zero-order valence-corrected chi connectivity index (χ0v) is 14.7. The Kier molecular flexibility index (Phi) is 6.40. The summed E-state index contributed by atoms with van der Waals surface area (Å²) in [4.78, 5) is 2.33. The minimum atomic E-state index is -3.43. The van der Waals surface area contributed by atoms with Crippen LogP contribution in [-0.2, 0) is 16.6 Å². The third-order valence-corrected chi connectivity index (χ3v) is 5.21. The molecular weight excluding hydrogens is 288 g/mol. The lowest BCUT2D eigenvalue weighted by Crippen LogP contribution is -2.33. The summed E-state index contributed by atoms with van der Waals surface area (Å²) in [6.45, 7) is 5.92. The van der Waals surface area contributed by atoms with Crippen LogP contribution in [0.2, 0.25) is 0 Å². The predicted octanol–water partition coefficient (Wildman–Crippen LogP) is 0.971. The Bertz CT molecular complexity index is 549. The van der Waals surface area contributed by atoms with E-state index in [1.54, 1.807) is 19.3 Å². The largest absolute Gasteiger partial charge is 0.346 e. The van der Waals surface area contributed by atoms with Gasteiger partial charge in [0.25, 0.3) is 0 Å². The van der Waals surface area contributed by atoms with Gasteiger partial charge in [0.05, 0.1) is 0 Å². The Morgan fingerprint density at radius 3 is 2.33 bits per heavy atom. The lowest BCUT2D eigenvalue weighted by molar-refractivity contribution is 0.358. The molecular formula is C14H28N4O2S. The first-order chi connectivity index (χ1) is 9.70. The second kappa shape index (κ2) is 7.40. The zero-order valence-electron chi connectivity index (χ0n) is 13.9. The van der Waals surface area contributed by atoms with E-state index in [-0.39, 0.29) is 6.04 Å². The van der Waals surface area contributed by atoms with Gasteiger partial charge in [-0.25, -0.2) is 8.42 Å². The zero-order chi connectivity index (χ0) is 16.2. The molecule has 1 N–H and O–H groups in total. The van der Waals surface area contributed by atoms with E-state index in [4.69, 9.17) is 0 Å². The highest BCUT2D eigenvalue weighted by Gasteiger charge is 2.23. The molecule has 0 spiro atoms. The first kappa shape index (κ1) is 18.2. The Balaban J connectivity index is 3.05. The number of hydrogen-bond donors (Lipinski definition) is 1. The minimum absolute atomic E-state index is 0.226. The lowest BCUT2D eigenvalue weighted by atomic mass is 10.3. The van der Waals surface area contributed by atoms with Crippen molar-refractivity contribution in [1.82, 2.24) is 19.1 Å². The first-order valence-electron chi connectivity index (χ1n) is 7.16. The van der Waals surface area contributed by atoms with Crippen molar-refractivity contribution in [2.45, 2.75) is 31.3 Å². The highest BCUT2D eigenvalue weighted by molar-refractivity contribution is 7.89. The molecule has 122 valence electrons. The van der Waals surface area contributed by atoms with Crippen LogP contribution in [0.5, 0.6) is 0 Å². The molecule has 0 aliphatic heterocycles. The quantitative estimate of drug-likeness (QED) is 0.776. The van der Waals surface area contributed by atoms with Crippen LogP contribution in [0.25, 0.3) is 0 Å². The molecule has 0 saturated heterocycles. The van der Waals surface area contributed by atoms with Crippen molar-refractivity contribution in [2.75, 3.05) is 41.3 Å². The number of sulfonamides is 1. The topological polar surface area (TPSA) is 57.6 Å². The standard InChI is InChI=1S/C14H28N4O2S/c1-12(2)18-11-14(9-13(18)10-15-3)21(19,20)17(6)8-7-16(4)5/h9,11-12,15H,7-8,10H2,1-6H3. The summed E-state index contributed by atoms with van der Waals surface area (Å²) >= 11 is 0. The first-order valence-corrected chi connectivity index (χ1v) is 8.60. The summed E-state index contributed by atoms with van der Waals surface area (Å²) < 4.78 is 28.6. The van der Waals surface area contributed by atoms with Gasteiger partial charge in [-0.05, 0) is 41.1 Å². The van der Waals surface area contributed by atoms with Gasteiger partial charge >= 0.3 is 0 Å². The second-order valence-electron chi connectivity index (χ2n) is 5.83. The van der Waals surface area contributed by atoms with Gasteiger partial charge in [0.1, 0.15) is 4.90 Å². The van der Waals surface area contributed by atoms with Crippen LogP contribution in [0.1, 0.15) is 25.6 Å². The third kappa shape index (κ3) is 4.54. The van der Waals surface area contributed by atoms with E-state index in [9.17, 15) is 8.42 Å². The molecule has 0 fully saturated rings. The van der Waals surface area contributed by atoms with Crippen molar-refractivity contribution in [2.24, 2.45) is 0 Å². The number of hydrogen-bond acceptors (Lipinski definition) is 4. The summed E-state index contributed by atoms with van der Waals surface area (Å²) in [5.74, 6) is 0. The van der Waals surface area contributed by atoms with Gasteiger partial charge in [0.2, 0.25) is 10.0 Å². The molecule has 0 unspecified atom stereocenters. The Labute approximate surface area is 128 Å². The van der Waals surface area contributed by atoms with Crippen LogP contribution < -0.4 is 5.32 Å². The molecule has 1 aromatic heterocycles. The van der Waals surface area contributed by atoms with Crippen molar-refractivity contribution in [3.05, 3.63) is 18.0 Å². The molecule has 0 aliphatic rings. The Morgan fingerprint density at radius 1 is 1.24 bits per heavy atom. The highest BCUT2D eigenvalue weighted by atomic mass is 32.2. The summed E-state index contributed by atoms with van der Waals surface area (Å²) in [6, 6.07) is 1.99. The molecule has 0 saturated carbocycles. The maximum absolute atomic E-state index is 12.6. The Hall–Kier alpha value is -0.890. The molecule has 0 aromatic carbocycles. The predicted molar refractivity (Wildman–Crippen MR) is 86.0 cm³/mol. The summed E-state index contributed by atoms with van der Waals surface area (Å²) in [6.07, 6.45) is 1.73. The third-order valence-electron chi connectivity index (χ3n) is 3.39. The number of aromatic nitrogens is 1. The fourth-order valence-corrected chi connectivity index (χ4v) is 3.30. The average molecular weight is 316 g/mol. The Morgan fingerprint density at radius 2 is 1.86 bits per heavy atom. The van der Waals surface area contributed by atoms with Gasteiger partial charge < -0.3 is 14.8 Å². The highest BCUT2D eigenvalue weighted by Crippen LogP contribution is 2.21. The van der Waals surface area contributed by atoms with Crippen molar-refractivity contribution in [3.8, 4) is 0 Å². The van der Waals surface area contributed by atoms with E-state index in [0.717, 1.165) is 5.69 Å². The SMILES string of the molecule is CNCc1cc(S(=O)(=O)N(C)CCN(C)C)cn1C(C)C. The molecule has 0 bridgehead atoms. The van der Waals surface area contributed by atoms with Crippen molar-refractivity contribution in [3.63, 3.8) is 0 Å². The van der Waals surface area contributed by atoms with Gasteiger partial charge in [0.15, 0.2) is 0 Å². The summed E-state index contributed by atoms with van der Waals surface area (Å²) in [5, 5.41) is 3.08. The molecule has 0 radical (unpaired) electrons. The fourth-order valence-electron chi connectivity index (χ4n) is 2.08. The van der Waals surface area contributed by atoms with Gasteiger partial charge in [-0.2, -0.15) is 4.31 Å². The maximum Gasteiger partial charge on any atom is 0.244 e. The van der Waals surface area contributed by atoms with Gasteiger partial charge in [-0.3, -0.25) is 0 Å². The van der Waals surface area contributed by atoms with Crippen LogP contribution in [0.15, 0.2) is 17.2 Å². The van der Waals surface area contributed by atoms with Gasteiger partial charge in [-0.15, -0.1) is 0 Å². The maximum atomic E-state index is 12.6. The minimum Gasteiger partial charge on any atom is -0.346 e. The molecule has 1 rings (SSSR count). The van der Waals surface area contributed by atoms with Crippen LogP contribution in [0.4, 0.5) is 0 Å². The number of nitrogens with zero attached hydrogens (tertiary/aromatic N) is 3. The van der Waals surface area contributed by atoms with Crippen molar-refractivity contribution in [1.29, 1.82) is 0 Å². The molecule has 0 aliphatic carbocycles. The molecule has 0 atom stereocenters. The number of nitrogens with one attached hydrogen (secondary N) is 1. The molecule has 21 heavy (non-hydrogen) atoms. The smallest absolute Gasteiger partial charge is 0.244 e. The monoisotopic (exact) mass is 316 g/mol. The van der Waals surface area contributed by atoms with E-state index in [2.05, 4.69) is 5.32 Å². The fraction of sp³-hybridized carbons (Fsp3) is 0.714. The summed E-state index contributed by atoms with van der Waals surface area (Å²) in [7, 11) is 3.92.